The van der Waals surface area contributed by atoms with Gasteiger partial charge in [-0.15, -0.1) is 11.3 Å². The number of benzene rings is 1. The molecule has 0 unspecified atom stereocenters. The molecule has 4 rings (SSSR count). The monoisotopic (exact) mass is 511 g/mol. The Labute approximate surface area is 201 Å². The zero-order valence-electron chi connectivity index (χ0n) is 18.6. The Balaban J connectivity index is 1.89. The lowest BCUT2D eigenvalue weighted by Gasteiger charge is -2.36. The Morgan fingerprint density at radius 2 is 1.94 bits per heavy atom. The molecule has 2 atom stereocenters. The van der Waals surface area contributed by atoms with E-state index >= 15 is 0 Å². The second-order valence-corrected chi connectivity index (χ2v) is 9.34. The number of likely N-dealkylation sites (tertiary alicyclic amines) is 1. The zero-order valence-corrected chi connectivity index (χ0v) is 19.5. The predicted molar refractivity (Wildman–Crippen MR) is 119 cm³/mol. The Morgan fingerprint density at radius 1 is 1.26 bits per heavy atom. The molecular weight excluding hydrogens is 490 g/mol. The van der Waals surface area contributed by atoms with E-state index in [-0.39, 0.29) is 22.0 Å². The highest BCUT2D eigenvalue weighted by molar-refractivity contribution is 7.12. The summed E-state index contributed by atoms with van der Waals surface area (Å²) in [5, 5.41) is 13.9. The van der Waals surface area contributed by atoms with Crippen LogP contribution < -0.4 is 5.32 Å². The molecule has 1 aromatic heterocycles. The summed E-state index contributed by atoms with van der Waals surface area (Å²) in [6.45, 7) is 0.280. The van der Waals surface area contributed by atoms with Crippen molar-refractivity contribution in [2.45, 2.75) is 30.8 Å². The highest BCUT2D eigenvalue weighted by Crippen LogP contribution is 2.41. The van der Waals surface area contributed by atoms with Gasteiger partial charge in [0.25, 0.3) is 5.92 Å². The largest absolute Gasteiger partial charge is 0.480 e. The fourth-order valence-corrected chi connectivity index (χ4v) is 5.11. The van der Waals surface area contributed by atoms with E-state index in [9.17, 15) is 32.3 Å². The summed E-state index contributed by atoms with van der Waals surface area (Å²) in [5.41, 5.74) is -1.24. The molecule has 0 amide bonds. The van der Waals surface area contributed by atoms with E-state index in [2.05, 4.69) is 10.3 Å². The number of alkyl halides is 2. The molecule has 1 aromatic carbocycles. The van der Waals surface area contributed by atoms with Crippen LogP contribution in [0.15, 0.2) is 52.0 Å². The molecule has 1 fully saturated rings. The SMILES string of the molecule is COC(=O)C1=C(CN2CC(F)(F)C[C@H]2C(=O)O)NC(c2sccc2F)=N[C@@]1(C)c1ccc(F)cc1. The van der Waals surface area contributed by atoms with Crippen LogP contribution in [0.25, 0.3) is 0 Å². The van der Waals surface area contributed by atoms with Gasteiger partial charge < -0.3 is 15.2 Å². The van der Waals surface area contributed by atoms with E-state index in [0.717, 1.165) is 23.3 Å². The molecule has 0 bridgehead atoms. The van der Waals surface area contributed by atoms with Gasteiger partial charge in [0.1, 0.15) is 33.9 Å². The number of nitrogens with zero attached hydrogens (tertiary/aromatic N) is 2. The minimum atomic E-state index is -3.25. The van der Waals surface area contributed by atoms with Crippen LogP contribution >= 0.6 is 11.3 Å². The van der Waals surface area contributed by atoms with E-state index in [0.29, 0.717) is 5.56 Å². The minimum absolute atomic E-state index is 0.0183. The number of carboxylic acids is 1. The molecule has 35 heavy (non-hydrogen) atoms. The summed E-state index contributed by atoms with van der Waals surface area (Å²) in [6.07, 6.45) is -0.890. The maximum absolute atomic E-state index is 14.5. The molecule has 2 aliphatic rings. The average Bonchev–Trinajstić information content (AvgIpc) is 3.35. The minimum Gasteiger partial charge on any atom is -0.480 e. The van der Waals surface area contributed by atoms with Gasteiger partial charge in [-0.25, -0.2) is 22.4 Å². The van der Waals surface area contributed by atoms with Crippen LogP contribution in [-0.4, -0.2) is 59.9 Å². The maximum atomic E-state index is 14.5. The van der Waals surface area contributed by atoms with E-state index in [1.807, 2.05) is 0 Å². The normalized spacial score (nSPS) is 24.2. The standard InChI is InChI=1S/C23H21F4N3O4S/c1-22(12-3-5-13(24)6-4-12)17(21(33)34-2)15(28-19(29-22)18-14(25)7-8-35-18)10-30-11-23(26,27)9-16(30)20(31)32/h3-8,16H,9-11H2,1-2H3,(H,28,29)(H,31,32)/t16-,22-/m0/s1. The summed E-state index contributed by atoms with van der Waals surface area (Å²) >= 11 is 1.03. The number of amidine groups is 1. The van der Waals surface area contributed by atoms with Gasteiger partial charge in [0.15, 0.2) is 0 Å². The zero-order chi connectivity index (χ0) is 25.5. The number of hydrogen-bond donors (Lipinski definition) is 2. The highest BCUT2D eigenvalue weighted by atomic mass is 32.1. The number of rotatable bonds is 6. The van der Waals surface area contributed by atoms with E-state index < -0.39 is 60.6 Å². The number of esters is 1. The summed E-state index contributed by atoms with van der Waals surface area (Å²) in [5.74, 6) is -6.65. The number of nitrogens with one attached hydrogen (secondary N) is 1. The van der Waals surface area contributed by atoms with Crippen molar-refractivity contribution in [1.82, 2.24) is 10.2 Å². The first-order chi connectivity index (χ1) is 16.4. The number of thiophene rings is 1. The molecule has 3 heterocycles. The molecule has 2 aromatic rings. The van der Waals surface area contributed by atoms with Gasteiger partial charge >= 0.3 is 11.9 Å². The molecule has 7 nitrogen and oxygen atoms in total. The lowest BCUT2D eigenvalue weighted by molar-refractivity contribution is -0.142. The van der Waals surface area contributed by atoms with Gasteiger partial charge in [-0.05, 0) is 36.1 Å². The van der Waals surface area contributed by atoms with Crippen LogP contribution in [0.3, 0.4) is 0 Å². The van der Waals surface area contributed by atoms with Gasteiger partial charge in [0.2, 0.25) is 0 Å². The molecule has 0 spiro atoms. The summed E-state index contributed by atoms with van der Waals surface area (Å²) < 4.78 is 61.4. The summed E-state index contributed by atoms with van der Waals surface area (Å²) in [6, 6.07) is 4.85. The van der Waals surface area contributed by atoms with Crippen LogP contribution in [0.1, 0.15) is 23.8 Å². The van der Waals surface area contributed by atoms with Crippen LogP contribution in [-0.2, 0) is 19.9 Å². The van der Waals surface area contributed by atoms with Gasteiger partial charge in [-0.3, -0.25) is 14.7 Å². The van der Waals surface area contributed by atoms with E-state index in [1.165, 1.54) is 42.6 Å². The lowest BCUT2D eigenvalue weighted by Crippen LogP contribution is -2.46. The second kappa shape index (κ2) is 9.08. The third-order valence-corrected chi connectivity index (χ3v) is 6.93. The summed E-state index contributed by atoms with van der Waals surface area (Å²) in [4.78, 5) is 30.4. The number of aliphatic carboxylic acids is 1. The van der Waals surface area contributed by atoms with Gasteiger partial charge in [0.05, 0.1) is 19.2 Å². The Bertz CT molecular complexity index is 1230. The first kappa shape index (κ1) is 24.9. The molecule has 1 saturated heterocycles. The number of carbonyl (C=O) groups is 2. The molecule has 0 radical (unpaired) electrons. The molecule has 2 aliphatic heterocycles. The second-order valence-electron chi connectivity index (χ2n) is 8.43. The van der Waals surface area contributed by atoms with Crippen LogP contribution in [0.2, 0.25) is 0 Å². The fourth-order valence-electron chi connectivity index (χ4n) is 4.40. The first-order valence-corrected chi connectivity index (χ1v) is 11.4. The van der Waals surface area contributed by atoms with Gasteiger partial charge in [-0.1, -0.05) is 12.1 Å². The molecule has 186 valence electrons. The number of ether oxygens (including phenoxy) is 1. The van der Waals surface area contributed by atoms with Crippen LogP contribution in [0.4, 0.5) is 17.6 Å². The number of halogens is 4. The Hall–Kier alpha value is -3.25. The van der Waals surface area contributed by atoms with E-state index in [4.69, 9.17) is 4.74 Å². The van der Waals surface area contributed by atoms with Crippen molar-refractivity contribution in [3.63, 3.8) is 0 Å². The van der Waals surface area contributed by atoms with Crippen molar-refractivity contribution < 1.29 is 37.0 Å². The van der Waals surface area contributed by atoms with Crippen LogP contribution in [0.5, 0.6) is 0 Å². The molecule has 2 N–H and O–H groups in total. The van der Waals surface area contributed by atoms with Crippen molar-refractivity contribution in [3.05, 3.63) is 69.1 Å². The lowest BCUT2D eigenvalue weighted by atomic mass is 9.82. The smallest absolute Gasteiger partial charge is 0.338 e. The number of hydrogen-bond acceptors (Lipinski definition) is 7. The number of carboxylic acid groups (broad SMARTS) is 1. The average molecular weight is 511 g/mol. The molecule has 0 aliphatic carbocycles. The van der Waals surface area contributed by atoms with E-state index in [1.54, 1.807) is 0 Å². The van der Waals surface area contributed by atoms with Crippen molar-refractivity contribution in [1.29, 1.82) is 0 Å². The highest BCUT2D eigenvalue weighted by Gasteiger charge is 2.50. The fraction of sp³-hybridized carbons (Fsp3) is 0.348. The quantitative estimate of drug-likeness (QED) is 0.456. The van der Waals surface area contributed by atoms with Crippen LogP contribution in [0, 0.1) is 11.6 Å². The maximum Gasteiger partial charge on any atom is 0.338 e. The molecular formula is C23H21F4N3O4S. The van der Waals surface area contributed by atoms with Crippen molar-refractivity contribution in [2.75, 3.05) is 20.2 Å². The van der Waals surface area contributed by atoms with Gasteiger partial charge in [0, 0.05) is 18.7 Å². The molecule has 12 heteroatoms. The first-order valence-electron chi connectivity index (χ1n) is 10.5. The Kier molecular flexibility index (Phi) is 6.45. The third-order valence-electron chi connectivity index (χ3n) is 6.03. The van der Waals surface area contributed by atoms with Crippen molar-refractivity contribution in [2.24, 2.45) is 4.99 Å². The van der Waals surface area contributed by atoms with Crippen molar-refractivity contribution in [3.8, 4) is 0 Å². The van der Waals surface area contributed by atoms with Crippen molar-refractivity contribution >= 4 is 29.1 Å². The number of methoxy groups -OCH3 is 1. The third kappa shape index (κ3) is 4.67. The molecule has 0 saturated carbocycles. The number of carbonyl (C=O) groups excluding carboxylic acids is 1. The topological polar surface area (TPSA) is 91.2 Å². The Morgan fingerprint density at radius 3 is 2.51 bits per heavy atom. The van der Waals surface area contributed by atoms with Gasteiger partial charge in [-0.2, -0.15) is 0 Å². The summed E-state index contributed by atoms with van der Waals surface area (Å²) in [7, 11) is 1.13. The number of aliphatic imine (C=N–C) groups is 1. The predicted octanol–water partition coefficient (Wildman–Crippen LogP) is 3.51.